The lowest BCUT2D eigenvalue weighted by Crippen LogP contribution is -2.32. The lowest BCUT2D eigenvalue weighted by Gasteiger charge is -2.18. The summed E-state index contributed by atoms with van der Waals surface area (Å²) < 4.78 is 27.8. The fraction of sp³-hybridized carbons (Fsp3) is 0.538. The third-order valence-corrected chi connectivity index (χ3v) is 6.84. The van der Waals surface area contributed by atoms with Crippen LogP contribution in [0.4, 0.5) is 0 Å². The molecule has 2 heterocycles. The third kappa shape index (κ3) is 2.76. The van der Waals surface area contributed by atoms with Crippen molar-refractivity contribution in [3.63, 3.8) is 0 Å². The second-order valence-electron chi connectivity index (χ2n) is 5.41. The van der Waals surface area contributed by atoms with E-state index < -0.39 is 10.0 Å². The average molecular weight is 382 g/mol. The summed E-state index contributed by atoms with van der Waals surface area (Å²) in [7, 11) is -3.34. The Labute approximate surface area is 134 Å². The molecule has 0 spiro atoms. The van der Waals surface area contributed by atoms with E-state index in [2.05, 4.69) is 21.2 Å². The van der Waals surface area contributed by atoms with Gasteiger partial charge < -0.3 is 5.32 Å². The maximum absolute atomic E-state index is 12.6. The van der Waals surface area contributed by atoms with Gasteiger partial charge in [0, 0.05) is 17.6 Å². The van der Waals surface area contributed by atoms with Gasteiger partial charge in [-0.25, -0.2) is 8.42 Å². The third-order valence-electron chi connectivity index (χ3n) is 4.12. The quantitative estimate of drug-likeness (QED) is 0.852. The first-order valence-electron chi connectivity index (χ1n) is 6.45. The lowest BCUT2D eigenvalue weighted by molar-refractivity contribution is 0.448. The van der Waals surface area contributed by atoms with Gasteiger partial charge in [-0.3, -0.25) is 0 Å². The Balaban J connectivity index is 0.00000147. The van der Waals surface area contributed by atoms with E-state index in [0.717, 1.165) is 23.1 Å². The Kier molecular flexibility index (Phi) is 4.81. The number of benzene rings is 1. The SMILES string of the molecule is Cc1cc(S(=O)(=O)N2C[C@H]3CNC[C@H]3C2)ccc1Br.Cl. The Morgan fingerprint density at radius 1 is 1.25 bits per heavy atom. The molecule has 2 fully saturated rings. The van der Waals surface area contributed by atoms with Gasteiger partial charge >= 0.3 is 0 Å². The molecule has 0 saturated carbocycles. The number of sulfonamides is 1. The van der Waals surface area contributed by atoms with Crippen LogP contribution in [0, 0.1) is 18.8 Å². The second-order valence-corrected chi connectivity index (χ2v) is 8.20. The molecule has 2 atom stereocenters. The summed E-state index contributed by atoms with van der Waals surface area (Å²) in [4.78, 5) is 0.404. The smallest absolute Gasteiger partial charge is 0.243 e. The van der Waals surface area contributed by atoms with Crippen LogP contribution in [-0.2, 0) is 10.0 Å². The minimum Gasteiger partial charge on any atom is -0.316 e. The number of hydrogen-bond acceptors (Lipinski definition) is 3. The molecule has 0 bridgehead atoms. The first kappa shape index (κ1) is 16.2. The largest absolute Gasteiger partial charge is 0.316 e. The number of rotatable bonds is 2. The summed E-state index contributed by atoms with van der Waals surface area (Å²) >= 11 is 3.40. The number of hydrogen-bond donors (Lipinski definition) is 1. The molecule has 3 rings (SSSR count). The molecule has 7 heteroatoms. The van der Waals surface area contributed by atoms with E-state index in [9.17, 15) is 8.42 Å². The summed E-state index contributed by atoms with van der Waals surface area (Å²) in [5.74, 6) is 0.956. The highest BCUT2D eigenvalue weighted by Gasteiger charge is 2.41. The average Bonchev–Trinajstić information content (AvgIpc) is 2.93. The van der Waals surface area contributed by atoms with Crippen LogP contribution in [-0.4, -0.2) is 38.9 Å². The normalized spacial score (nSPS) is 26.3. The molecule has 0 unspecified atom stereocenters. The zero-order valence-corrected chi connectivity index (χ0v) is 14.4. The van der Waals surface area contributed by atoms with Gasteiger partial charge in [0.1, 0.15) is 0 Å². The van der Waals surface area contributed by atoms with Crippen LogP contribution in [0.25, 0.3) is 0 Å². The van der Waals surface area contributed by atoms with Gasteiger partial charge in [0.05, 0.1) is 4.90 Å². The van der Waals surface area contributed by atoms with E-state index in [1.54, 1.807) is 22.5 Å². The maximum Gasteiger partial charge on any atom is 0.243 e. The van der Waals surface area contributed by atoms with E-state index >= 15 is 0 Å². The van der Waals surface area contributed by atoms with Crippen molar-refractivity contribution in [1.29, 1.82) is 0 Å². The van der Waals surface area contributed by atoms with E-state index in [0.29, 0.717) is 29.8 Å². The van der Waals surface area contributed by atoms with Gasteiger partial charge in [-0.15, -0.1) is 12.4 Å². The molecule has 4 nitrogen and oxygen atoms in total. The highest BCUT2D eigenvalue weighted by molar-refractivity contribution is 9.10. The highest BCUT2D eigenvalue weighted by atomic mass is 79.9. The van der Waals surface area contributed by atoms with Gasteiger partial charge in [0.25, 0.3) is 0 Å². The molecule has 0 amide bonds. The Hall–Kier alpha value is -0.140. The maximum atomic E-state index is 12.6. The van der Waals surface area contributed by atoms with E-state index in [1.807, 2.05) is 6.92 Å². The van der Waals surface area contributed by atoms with Crippen molar-refractivity contribution in [3.05, 3.63) is 28.2 Å². The van der Waals surface area contributed by atoms with Crippen LogP contribution in [0.15, 0.2) is 27.6 Å². The van der Waals surface area contributed by atoms with Crippen LogP contribution in [0.1, 0.15) is 5.56 Å². The van der Waals surface area contributed by atoms with Gasteiger partial charge in [-0.2, -0.15) is 4.31 Å². The van der Waals surface area contributed by atoms with Crippen molar-refractivity contribution in [2.24, 2.45) is 11.8 Å². The summed E-state index contributed by atoms with van der Waals surface area (Å²) in [6, 6.07) is 5.23. The van der Waals surface area contributed by atoms with E-state index in [4.69, 9.17) is 0 Å². The van der Waals surface area contributed by atoms with Crippen LogP contribution < -0.4 is 5.32 Å². The summed E-state index contributed by atoms with van der Waals surface area (Å²) in [6.07, 6.45) is 0. The fourth-order valence-electron chi connectivity index (χ4n) is 2.94. The molecule has 20 heavy (non-hydrogen) atoms. The first-order chi connectivity index (χ1) is 8.98. The van der Waals surface area contributed by atoms with Crippen LogP contribution >= 0.6 is 28.3 Å². The second kappa shape index (κ2) is 5.93. The van der Waals surface area contributed by atoms with Crippen molar-refractivity contribution in [1.82, 2.24) is 9.62 Å². The van der Waals surface area contributed by atoms with Crippen molar-refractivity contribution in [2.75, 3.05) is 26.2 Å². The predicted octanol–water partition coefficient (Wildman–Crippen LogP) is 2.02. The van der Waals surface area contributed by atoms with E-state index in [-0.39, 0.29) is 12.4 Å². The van der Waals surface area contributed by atoms with Crippen molar-refractivity contribution in [2.45, 2.75) is 11.8 Å². The molecule has 0 aliphatic carbocycles. The highest BCUT2D eigenvalue weighted by Crippen LogP contribution is 2.31. The summed E-state index contributed by atoms with van der Waals surface area (Å²) in [5, 5.41) is 3.32. The molecule has 0 aromatic heterocycles. The monoisotopic (exact) mass is 380 g/mol. The number of nitrogens with one attached hydrogen (secondary N) is 1. The summed E-state index contributed by atoms with van der Waals surface area (Å²) in [5.41, 5.74) is 0.946. The van der Waals surface area contributed by atoms with Gasteiger partial charge in [0.15, 0.2) is 0 Å². The van der Waals surface area contributed by atoms with Gasteiger partial charge in [-0.05, 0) is 55.6 Å². The minimum absolute atomic E-state index is 0. The lowest BCUT2D eigenvalue weighted by atomic mass is 10.0. The van der Waals surface area contributed by atoms with Crippen molar-refractivity contribution >= 4 is 38.4 Å². The number of nitrogens with zero attached hydrogens (tertiary/aromatic N) is 1. The predicted molar refractivity (Wildman–Crippen MR) is 84.7 cm³/mol. The van der Waals surface area contributed by atoms with Crippen LogP contribution in [0.3, 0.4) is 0 Å². The van der Waals surface area contributed by atoms with Crippen molar-refractivity contribution < 1.29 is 8.42 Å². The molecular weight excluding hydrogens is 364 g/mol. The Morgan fingerprint density at radius 3 is 2.40 bits per heavy atom. The molecule has 1 aromatic rings. The van der Waals surface area contributed by atoms with E-state index in [1.165, 1.54) is 0 Å². The fourth-order valence-corrected chi connectivity index (χ4v) is 4.82. The van der Waals surface area contributed by atoms with Gasteiger partial charge in [0.2, 0.25) is 10.0 Å². The molecular formula is C13H18BrClN2O2S. The Bertz CT molecular complexity index is 596. The first-order valence-corrected chi connectivity index (χ1v) is 8.69. The molecule has 112 valence electrons. The number of aryl methyl sites for hydroxylation is 1. The van der Waals surface area contributed by atoms with Gasteiger partial charge in [-0.1, -0.05) is 15.9 Å². The summed E-state index contributed by atoms with van der Waals surface area (Å²) in [6.45, 7) is 5.09. The topological polar surface area (TPSA) is 49.4 Å². The number of fused-ring (bicyclic) bond motifs is 1. The number of halogens is 2. The standard InChI is InChI=1S/C13H17BrN2O2S.ClH/c1-9-4-12(2-3-13(9)14)19(17,18)16-7-10-5-15-6-11(10)8-16;/h2-4,10-11,15H,5-8H2,1H3;1H/t10-,11+;. The Morgan fingerprint density at radius 2 is 1.85 bits per heavy atom. The van der Waals surface area contributed by atoms with Crippen LogP contribution in [0.2, 0.25) is 0 Å². The molecule has 2 aliphatic heterocycles. The van der Waals surface area contributed by atoms with Crippen molar-refractivity contribution in [3.8, 4) is 0 Å². The molecule has 1 N–H and O–H groups in total. The zero-order valence-electron chi connectivity index (χ0n) is 11.2. The molecule has 2 aliphatic rings. The van der Waals surface area contributed by atoms with Crippen LogP contribution in [0.5, 0.6) is 0 Å². The molecule has 2 saturated heterocycles. The zero-order chi connectivity index (χ0) is 13.6. The molecule has 1 aromatic carbocycles. The minimum atomic E-state index is -3.34. The molecule has 0 radical (unpaired) electrons.